The molecule has 2 heteroatoms. The Balaban J connectivity index is 1.74. The molecule has 2 atom stereocenters. The van der Waals surface area contributed by atoms with Crippen molar-refractivity contribution in [3.05, 3.63) is 34.3 Å². The van der Waals surface area contributed by atoms with E-state index < -0.39 is 0 Å². The summed E-state index contributed by atoms with van der Waals surface area (Å²) in [6.07, 6.45) is 1.41. The standard InChI is InChI=1S/C12H16BrN/c1-9-5-11(9)8-14-7-10-3-2-4-12(13)6-10/h2-4,6,9,11,14H,5,7-8H2,1H3. The minimum atomic E-state index is 0.933. The Kier molecular flexibility index (Phi) is 3.24. The summed E-state index contributed by atoms with van der Waals surface area (Å²) >= 11 is 3.48. The molecular formula is C12H16BrN. The molecule has 1 N–H and O–H groups in total. The van der Waals surface area contributed by atoms with E-state index >= 15 is 0 Å². The van der Waals surface area contributed by atoms with E-state index in [0.717, 1.165) is 22.9 Å². The molecule has 1 aliphatic rings. The van der Waals surface area contributed by atoms with Crippen LogP contribution >= 0.6 is 15.9 Å². The Morgan fingerprint density at radius 3 is 2.93 bits per heavy atom. The molecule has 1 aromatic rings. The lowest BCUT2D eigenvalue weighted by Gasteiger charge is -2.04. The number of hydrogen-bond acceptors (Lipinski definition) is 1. The molecule has 14 heavy (non-hydrogen) atoms. The van der Waals surface area contributed by atoms with E-state index in [-0.39, 0.29) is 0 Å². The molecular weight excluding hydrogens is 238 g/mol. The lowest BCUT2D eigenvalue weighted by Crippen LogP contribution is -2.16. The van der Waals surface area contributed by atoms with Gasteiger partial charge in [0, 0.05) is 11.0 Å². The highest BCUT2D eigenvalue weighted by Crippen LogP contribution is 2.36. The van der Waals surface area contributed by atoms with Gasteiger partial charge in [0.1, 0.15) is 0 Å². The molecule has 0 amide bonds. The van der Waals surface area contributed by atoms with Crippen LogP contribution in [0.3, 0.4) is 0 Å². The van der Waals surface area contributed by atoms with E-state index in [1.54, 1.807) is 0 Å². The van der Waals surface area contributed by atoms with Gasteiger partial charge in [0.15, 0.2) is 0 Å². The topological polar surface area (TPSA) is 12.0 Å². The fourth-order valence-electron chi connectivity index (χ4n) is 1.73. The van der Waals surface area contributed by atoms with E-state index in [1.807, 2.05) is 0 Å². The van der Waals surface area contributed by atoms with Crippen molar-refractivity contribution < 1.29 is 0 Å². The van der Waals surface area contributed by atoms with Crippen molar-refractivity contribution in [2.75, 3.05) is 6.54 Å². The maximum Gasteiger partial charge on any atom is 0.0206 e. The summed E-state index contributed by atoms with van der Waals surface area (Å²) in [6.45, 7) is 4.49. The first-order valence-electron chi connectivity index (χ1n) is 5.21. The van der Waals surface area contributed by atoms with E-state index in [9.17, 15) is 0 Å². The van der Waals surface area contributed by atoms with E-state index in [2.05, 4.69) is 52.4 Å². The lowest BCUT2D eigenvalue weighted by atomic mass is 10.2. The molecule has 0 aliphatic heterocycles. The highest BCUT2D eigenvalue weighted by molar-refractivity contribution is 9.10. The Labute approximate surface area is 94.0 Å². The molecule has 0 aromatic heterocycles. The van der Waals surface area contributed by atoms with Crippen molar-refractivity contribution in [2.45, 2.75) is 19.9 Å². The first-order chi connectivity index (χ1) is 6.75. The summed E-state index contributed by atoms with van der Waals surface area (Å²) in [4.78, 5) is 0. The average molecular weight is 254 g/mol. The van der Waals surface area contributed by atoms with E-state index in [1.165, 1.54) is 18.5 Å². The maximum absolute atomic E-state index is 3.50. The van der Waals surface area contributed by atoms with Crippen LogP contribution in [-0.2, 0) is 6.54 Å². The number of hydrogen-bond donors (Lipinski definition) is 1. The number of benzene rings is 1. The van der Waals surface area contributed by atoms with E-state index in [0.29, 0.717) is 0 Å². The SMILES string of the molecule is CC1CC1CNCc1cccc(Br)c1. The van der Waals surface area contributed by atoms with Gasteiger partial charge in [0.05, 0.1) is 0 Å². The third-order valence-corrected chi connectivity index (χ3v) is 3.39. The minimum Gasteiger partial charge on any atom is -0.312 e. The van der Waals surface area contributed by atoms with Crippen molar-refractivity contribution in [3.8, 4) is 0 Å². The third kappa shape index (κ3) is 2.82. The zero-order valence-electron chi connectivity index (χ0n) is 8.46. The average Bonchev–Trinajstić information content (AvgIpc) is 2.82. The molecule has 0 heterocycles. The number of nitrogens with one attached hydrogen (secondary N) is 1. The van der Waals surface area contributed by atoms with Gasteiger partial charge < -0.3 is 5.32 Å². The maximum atomic E-state index is 3.50. The van der Waals surface area contributed by atoms with Crippen LogP contribution in [0.4, 0.5) is 0 Å². The van der Waals surface area contributed by atoms with E-state index in [4.69, 9.17) is 0 Å². The van der Waals surface area contributed by atoms with Crippen LogP contribution in [0.5, 0.6) is 0 Å². The normalized spacial score (nSPS) is 25.0. The van der Waals surface area contributed by atoms with Gasteiger partial charge in [0.25, 0.3) is 0 Å². The second kappa shape index (κ2) is 4.45. The largest absolute Gasteiger partial charge is 0.312 e. The Hall–Kier alpha value is -0.340. The summed E-state index contributed by atoms with van der Waals surface area (Å²) in [5, 5.41) is 3.50. The van der Waals surface area contributed by atoms with Gasteiger partial charge in [-0.15, -0.1) is 0 Å². The van der Waals surface area contributed by atoms with Crippen LogP contribution in [0.15, 0.2) is 28.7 Å². The first-order valence-corrected chi connectivity index (χ1v) is 6.00. The van der Waals surface area contributed by atoms with Gasteiger partial charge in [-0.05, 0) is 42.5 Å². The summed E-state index contributed by atoms with van der Waals surface area (Å²) in [6, 6.07) is 8.48. The quantitative estimate of drug-likeness (QED) is 0.870. The molecule has 2 unspecified atom stereocenters. The van der Waals surface area contributed by atoms with Gasteiger partial charge in [0.2, 0.25) is 0 Å². The second-order valence-corrected chi connectivity index (χ2v) is 5.15. The van der Waals surface area contributed by atoms with Crippen LogP contribution in [-0.4, -0.2) is 6.54 Å². The van der Waals surface area contributed by atoms with Crippen molar-refractivity contribution in [1.29, 1.82) is 0 Å². The second-order valence-electron chi connectivity index (χ2n) is 4.23. The summed E-state index contributed by atoms with van der Waals surface area (Å²) in [5.41, 5.74) is 1.35. The van der Waals surface area contributed by atoms with Crippen molar-refractivity contribution in [2.24, 2.45) is 11.8 Å². The van der Waals surface area contributed by atoms with Crippen LogP contribution in [0.1, 0.15) is 18.9 Å². The lowest BCUT2D eigenvalue weighted by molar-refractivity contribution is 0.612. The third-order valence-electron chi connectivity index (χ3n) is 2.90. The van der Waals surface area contributed by atoms with Gasteiger partial charge in [-0.1, -0.05) is 35.0 Å². The molecule has 0 saturated heterocycles. The molecule has 1 saturated carbocycles. The highest BCUT2D eigenvalue weighted by Gasteiger charge is 2.31. The van der Waals surface area contributed by atoms with Gasteiger partial charge in [-0.25, -0.2) is 0 Å². The molecule has 1 aromatic carbocycles. The van der Waals surface area contributed by atoms with Gasteiger partial charge in [-0.2, -0.15) is 0 Å². The Morgan fingerprint density at radius 2 is 2.29 bits per heavy atom. The molecule has 0 radical (unpaired) electrons. The van der Waals surface area contributed by atoms with Crippen molar-refractivity contribution >= 4 is 15.9 Å². The molecule has 0 bridgehead atoms. The molecule has 1 aliphatic carbocycles. The monoisotopic (exact) mass is 253 g/mol. The zero-order chi connectivity index (χ0) is 9.97. The molecule has 1 nitrogen and oxygen atoms in total. The summed E-state index contributed by atoms with van der Waals surface area (Å²) in [5.74, 6) is 1.88. The Bertz CT molecular complexity index is 311. The fraction of sp³-hybridized carbons (Fsp3) is 0.500. The van der Waals surface area contributed by atoms with Gasteiger partial charge >= 0.3 is 0 Å². The molecule has 0 spiro atoms. The summed E-state index contributed by atoms with van der Waals surface area (Å²) < 4.78 is 1.16. The first kappa shape index (κ1) is 10.2. The highest BCUT2D eigenvalue weighted by atomic mass is 79.9. The van der Waals surface area contributed by atoms with Crippen molar-refractivity contribution in [1.82, 2.24) is 5.32 Å². The van der Waals surface area contributed by atoms with Crippen molar-refractivity contribution in [3.63, 3.8) is 0 Å². The molecule has 1 fully saturated rings. The predicted octanol–water partition coefficient (Wildman–Crippen LogP) is 3.19. The summed E-state index contributed by atoms with van der Waals surface area (Å²) in [7, 11) is 0. The molecule has 76 valence electrons. The fourth-order valence-corrected chi connectivity index (χ4v) is 2.18. The number of halogens is 1. The minimum absolute atomic E-state index is 0.933. The van der Waals surface area contributed by atoms with Crippen LogP contribution in [0, 0.1) is 11.8 Å². The molecule has 2 rings (SSSR count). The zero-order valence-corrected chi connectivity index (χ0v) is 10.0. The van der Waals surface area contributed by atoms with Gasteiger partial charge in [-0.3, -0.25) is 0 Å². The van der Waals surface area contributed by atoms with Crippen LogP contribution in [0.25, 0.3) is 0 Å². The predicted molar refractivity (Wildman–Crippen MR) is 63.1 cm³/mol. The van der Waals surface area contributed by atoms with Crippen LogP contribution in [0.2, 0.25) is 0 Å². The smallest absolute Gasteiger partial charge is 0.0206 e. The Morgan fingerprint density at radius 1 is 1.50 bits per heavy atom. The van der Waals surface area contributed by atoms with Crippen LogP contribution < -0.4 is 5.32 Å². The number of rotatable bonds is 4.